The van der Waals surface area contributed by atoms with Gasteiger partial charge in [-0.1, -0.05) is 18.2 Å². The van der Waals surface area contributed by atoms with Gasteiger partial charge in [0.15, 0.2) is 11.8 Å². The first-order chi connectivity index (χ1) is 15.1. The lowest BCUT2D eigenvalue weighted by Gasteiger charge is -2.26. The number of aromatic nitrogens is 3. The largest absolute Gasteiger partial charge is 0.459 e. The van der Waals surface area contributed by atoms with E-state index in [1.807, 2.05) is 36.7 Å². The second-order valence-electron chi connectivity index (χ2n) is 7.77. The highest BCUT2D eigenvalue weighted by molar-refractivity contribution is 14.0. The van der Waals surface area contributed by atoms with Crippen LogP contribution in [0.4, 0.5) is 0 Å². The Morgan fingerprint density at radius 3 is 2.62 bits per heavy atom. The maximum Gasteiger partial charge on any atom is 0.192 e. The van der Waals surface area contributed by atoms with Crippen molar-refractivity contribution in [2.45, 2.75) is 26.9 Å². The van der Waals surface area contributed by atoms with Crippen LogP contribution < -0.4 is 10.6 Å². The number of aryl methyl sites for hydroxylation is 2. The van der Waals surface area contributed by atoms with Gasteiger partial charge in [-0.25, -0.2) is 4.99 Å². The number of aliphatic imine (C=N–C) groups is 1. The van der Waals surface area contributed by atoms with E-state index >= 15 is 0 Å². The molecule has 0 amide bonds. The number of nitrogens with zero attached hydrogens (tertiary/aromatic N) is 5. The Morgan fingerprint density at radius 2 is 1.91 bits per heavy atom. The molecule has 2 N–H and O–H groups in total. The van der Waals surface area contributed by atoms with Gasteiger partial charge in [0.2, 0.25) is 0 Å². The van der Waals surface area contributed by atoms with Crippen LogP contribution in [-0.2, 0) is 24.9 Å². The fourth-order valence-electron chi connectivity index (χ4n) is 3.63. The molecule has 1 aromatic carbocycles. The molecule has 2 aromatic heterocycles. The van der Waals surface area contributed by atoms with Gasteiger partial charge in [0.05, 0.1) is 19.8 Å². The van der Waals surface area contributed by atoms with Gasteiger partial charge in [-0.2, -0.15) is 0 Å². The molecule has 32 heavy (non-hydrogen) atoms. The standard InChI is InChI=1S/C22H31N7O2.HI/c1-16-18-6-4-5-7-19(18)31-20(16)14-24-22(23-8-9-29-10-12-30-13-11-29)25-15-21-27-26-17(2)28(21)3;/h4-7H,8-15H2,1-3H3,(H2,23,24,25);1H. The summed E-state index contributed by atoms with van der Waals surface area (Å²) < 4.78 is 13.4. The molecule has 0 radical (unpaired) electrons. The fraction of sp³-hybridized carbons (Fsp3) is 0.500. The number of para-hydroxylation sites is 1. The number of furan rings is 1. The number of rotatable bonds is 7. The van der Waals surface area contributed by atoms with Gasteiger partial charge < -0.3 is 24.4 Å². The van der Waals surface area contributed by atoms with Crippen molar-refractivity contribution >= 4 is 40.9 Å². The second kappa shape index (κ2) is 11.6. The van der Waals surface area contributed by atoms with Crippen molar-refractivity contribution in [3.8, 4) is 0 Å². The molecule has 0 aliphatic carbocycles. The van der Waals surface area contributed by atoms with E-state index < -0.39 is 0 Å². The molecule has 0 saturated carbocycles. The van der Waals surface area contributed by atoms with Crippen LogP contribution in [0.3, 0.4) is 0 Å². The highest BCUT2D eigenvalue weighted by Crippen LogP contribution is 2.24. The van der Waals surface area contributed by atoms with Gasteiger partial charge >= 0.3 is 0 Å². The molecule has 0 unspecified atom stereocenters. The van der Waals surface area contributed by atoms with Gasteiger partial charge in [0, 0.05) is 44.2 Å². The van der Waals surface area contributed by atoms with Crippen LogP contribution in [0.15, 0.2) is 33.7 Å². The summed E-state index contributed by atoms with van der Waals surface area (Å²) >= 11 is 0. The van der Waals surface area contributed by atoms with Crippen molar-refractivity contribution in [2.75, 3.05) is 39.4 Å². The molecule has 1 aliphatic heterocycles. The van der Waals surface area contributed by atoms with Crippen LogP contribution in [0, 0.1) is 13.8 Å². The summed E-state index contributed by atoms with van der Waals surface area (Å²) in [6.45, 7) is 10.3. The Morgan fingerprint density at radius 1 is 1.12 bits per heavy atom. The number of hydrogen-bond acceptors (Lipinski definition) is 6. The number of halogens is 1. The Labute approximate surface area is 205 Å². The summed E-state index contributed by atoms with van der Waals surface area (Å²) in [6, 6.07) is 8.11. The van der Waals surface area contributed by atoms with E-state index in [0.717, 1.165) is 79.3 Å². The van der Waals surface area contributed by atoms with Crippen LogP contribution in [0.25, 0.3) is 11.0 Å². The van der Waals surface area contributed by atoms with Gasteiger partial charge in [-0.05, 0) is 19.9 Å². The molecule has 0 bridgehead atoms. The number of benzene rings is 1. The monoisotopic (exact) mass is 553 g/mol. The minimum atomic E-state index is 0. The summed E-state index contributed by atoms with van der Waals surface area (Å²) in [6.07, 6.45) is 0. The topological polar surface area (TPSA) is 92.7 Å². The van der Waals surface area contributed by atoms with E-state index in [1.54, 1.807) is 0 Å². The predicted octanol–water partition coefficient (Wildman–Crippen LogP) is 2.36. The van der Waals surface area contributed by atoms with E-state index in [9.17, 15) is 0 Å². The average Bonchev–Trinajstić information content (AvgIpc) is 3.29. The number of fused-ring (bicyclic) bond motifs is 1. The van der Waals surface area contributed by atoms with E-state index in [2.05, 4.69) is 38.7 Å². The Kier molecular flexibility index (Phi) is 8.88. The summed E-state index contributed by atoms with van der Waals surface area (Å²) in [5, 5.41) is 16.3. The molecule has 0 atom stereocenters. The molecular formula is C22H32IN7O2. The van der Waals surface area contributed by atoms with Crippen molar-refractivity contribution in [1.82, 2.24) is 30.3 Å². The first kappa shape index (κ1) is 24.5. The molecule has 4 rings (SSSR count). The lowest BCUT2D eigenvalue weighted by molar-refractivity contribution is 0.0389. The Balaban J connectivity index is 0.00000289. The van der Waals surface area contributed by atoms with Gasteiger partial charge in [-0.15, -0.1) is 34.2 Å². The molecule has 1 saturated heterocycles. The van der Waals surface area contributed by atoms with Crippen molar-refractivity contribution < 1.29 is 9.15 Å². The highest BCUT2D eigenvalue weighted by atomic mass is 127. The van der Waals surface area contributed by atoms with Gasteiger partial charge in [-0.3, -0.25) is 4.90 Å². The summed E-state index contributed by atoms with van der Waals surface area (Å²) in [5.74, 6) is 3.34. The lowest BCUT2D eigenvalue weighted by Crippen LogP contribution is -2.44. The third kappa shape index (κ3) is 5.99. The molecule has 10 heteroatoms. The van der Waals surface area contributed by atoms with Crippen molar-refractivity contribution in [1.29, 1.82) is 0 Å². The number of morpholine rings is 1. The number of guanidine groups is 1. The number of hydrogen-bond donors (Lipinski definition) is 2. The quantitative estimate of drug-likeness (QED) is 0.264. The van der Waals surface area contributed by atoms with Crippen LogP contribution in [0.1, 0.15) is 23.0 Å². The summed E-state index contributed by atoms with van der Waals surface area (Å²) in [4.78, 5) is 7.13. The second-order valence-corrected chi connectivity index (χ2v) is 7.77. The van der Waals surface area contributed by atoms with E-state index in [1.165, 1.54) is 0 Å². The highest BCUT2D eigenvalue weighted by Gasteiger charge is 2.13. The van der Waals surface area contributed by atoms with Crippen molar-refractivity contribution in [3.05, 3.63) is 47.2 Å². The molecule has 0 spiro atoms. The fourth-order valence-corrected chi connectivity index (χ4v) is 3.63. The lowest BCUT2D eigenvalue weighted by atomic mass is 10.1. The molecule has 9 nitrogen and oxygen atoms in total. The van der Waals surface area contributed by atoms with Crippen molar-refractivity contribution in [2.24, 2.45) is 12.0 Å². The zero-order chi connectivity index (χ0) is 21.6. The first-order valence-corrected chi connectivity index (χ1v) is 10.8. The van der Waals surface area contributed by atoms with Crippen LogP contribution in [0.2, 0.25) is 0 Å². The van der Waals surface area contributed by atoms with Crippen LogP contribution in [0.5, 0.6) is 0 Å². The van der Waals surface area contributed by atoms with E-state index in [-0.39, 0.29) is 24.0 Å². The Hall–Kier alpha value is -2.18. The molecular weight excluding hydrogens is 521 g/mol. The molecule has 1 aliphatic rings. The summed E-state index contributed by atoms with van der Waals surface area (Å²) in [7, 11) is 1.96. The normalized spacial score (nSPS) is 15.0. The Bertz CT molecular complexity index is 1040. The summed E-state index contributed by atoms with van der Waals surface area (Å²) in [5.41, 5.74) is 2.06. The van der Waals surface area contributed by atoms with Crippen LogP contribution >= 0.6 is 24.0 Å². The van der Waals surface area contributed by atoms with E-state index in [0.29, 0.717) is 13.1 Å². The van der Waals surface area contributed by atoms with E-state index in [4.69, 9.17) is 14.1 Å². The van der Waals surface area contributed by atoms with Gasteiger partial charge in [0.25, 0.3) is 0 Å². The third-order valence-corrected chi connectivity index (χ3v) is 5.74. The third-order valence-electron chi connectivity index (χ3n) is 5.74. The molecule has 174 valence electrons. The average molecular weight is 553 g/mol. The SMILES string of the molecule is Cc1c(CNC(=NCc2nnc(C)n2C)NCCN2CCOCC2)oc2ccccc12.I. The van der Waals surface area contributed by atoms with Gasteiger partial charge in [0.1, 0.15) is 23.7 Å². The number of ether oxygens (including phenoxy) is 1. The minimum Gasteiger partial charge on any atom is -0.459 e. The van der Waals surface area contributed by atoms with Crippen LogP contribution in [-0.4, -0.2) is 65.0 Å². The maximum absolute atomic E-state index is 6.04. The van der Waals surface area contributed by atoms with Crippen molar-refractivity contribution in [3.63, 3.8) is 0 Å². The minimum absolute atomic E-state index is 0. The predicted molar refractivity (Wildman–Crippen MR) is 135 cm³/mol. The maximum atomic E-state index is 6.04. The smallest absolute Gasteiger partial charge is 0.192 e. The molecule has 3 aromatic rings. The zero-order valence-corrected chi connectivity index (χ0v) is 21.3. The molecule has 3 heterocycles. The zero-order valence-electron chi connectivity index (χ0n) is 18.9. The number of nitrogens with one attached hydrogen (secondary N) is 2. The molecule has 1 fully saturated rings. The first-order valence-electron chi connectivity index (χ1n) is 10.8.